The fourth-order valence-electron chi connectivity index (χ4n) is 2.99. The number of hydrogen-bond donors (Lipinski definition) is 2. The molecule has 0 saturated heterocycles. The van der Waals surface area contributed by atoms with E-state index in [9.17, 15) is 10.1 Å². The number of benzene rings is 1. The highest BCUT2D eigenvalue weighted by molar-refractivity contribution is 5.64. The molecule has 0 aliphatic heterocycles. The maximum absolute atomic E-state index is 11.0. The number of hydrogen-bond acceptors (Lipinski definition) is 5. The highest BCUT2D eigenvalue weighted by Gasteiger charge is 2.22. The lowest BCUT2D eigenvalue weighted by Crippen LogP contribution is -2.36. The molecule has 1 aromatic rings. The Bertz CT molecular complexity index is 472. The van der Waals surface area contributed by atoms with Gasteiger partial charge in [0.1, 0.15) is 0 Å². The third-order valence-corrected chi connectivity index (χ3v) is 3.97. The van der Waals surface area contributed by atoms with Crippen LogP contribution in [0.15, 0.2) is 18.2 Å². The average molecular weight is 278 g/mol. The first-order valence-electron chi connectivity index (χ1n) is 7.18. The van der Waals surface area contributed by atoms with Gasteiger partial charge in [-0.1, -0.05) is 19.3 Å². The Kier molecular flexibility index (Phi) is 4.79. The van der Waals surface area contributed by atoms with Crippen molar-refractivity contribution in [1.82, 2.24) is 0 Å². The second-order valence-electron chi connectivity index (χ2n) is 5.22. The number of nitrogen functional groups attached to an aromatic ring is 1. The molecule has 1 aromatic carbocycles. The Morgan fingerprint density at radius 2 is 2.05 bits per heavy atom. The van der Waals surface area contributed by atoms with E-state index in [1.165, 1.54) is 25.3 Å². The number of nitro benzene ring substituents is 1. The summed E-state index contributed by atoms with van der Waals surface area (Å²) in [6.45, 7) is 2.93. The van der Waals surface area contributed by atoms with Gasteiger partial charge >= 0.3 is 0 Å². The number of nitro groups is 1. The van der Waals surface area contributed by atoms with Crippen molar-refractivity contribution in [2.24, 2.45) is 5.84 Å². The first-order chi connectivity index (χ1) is 9.65. The van der Waals surface area contributed by atoms with Crippen molar-refractivity contribution in [1.29, 1.82) is 0 Å². The molecule has 0 atom stereocenters. The van der Waals surface area contributed by atoms with E-state index in [0.717, 1.165) is 25.1 Å². The lowest BCUT2D eigenvalue weighted by atomic mass is 9.93. The van der Waals surface area contributed by atoms with Crippen molar-refractivity contribution in [3.8, 4) is 0 Å². The van der Waals surface area contributed by atoms with Crippen molar-refractivity contribution in [3.63, 3.8) is 0 Å². The lowest BCUT2D eigenvalue weighted by molar-refractivity contribution is -0.384. The minimum atomic E-state index is -0.376. The molecular formula is C14H22N4O2. The minimum Gasteiger partial charge on any atom is -0.369 e. The van der Waals surface area contributed by atoms with Crippen LogP contribution in [0.4, 0.5) is 17.1 Å². The van der Waals surface area contributed by atoms with Crippen LogP contribution in [0.5, 0.6) is 0 Å². The molecule has 1 aliphatic rings. The predicted octanol–water partition coefficient (Wildman–Crippen LogP) is 3.04. The molecule has 110 valence electrons. The van der Waals surface area contributed by atoms with E-state index in [1.807, 2.05) is 6.07 Å². The number of nitrogens with two attached hydrogens (primary N) is 1. The van der Waals surface area contributed by atoms with Crippen LogP contribution in [0.3, 0.4) is 0 Å². The molecule has 2 rings (SSSR count). The molecule has 0 spiro atoms. The predicted molar refractivity (Wildman–Crippen MR) is 80.8 cm³/mol. The number of anilines is 2. The van der Waals surface area contributed by atoms with Gasteiger partial charge in [-0.25, -0.2) is 0 Å². The van der Waals surface area contributed by atoms with E-state index in [-0.39, 0.29) is 10.6 Å². The van der Waals surface area contributed by atoms with Gasteiger partial charge in [0.05, 0.1) is 10.6 Å². The number of nitrogens with zero attached hydrogens (tertiary/aromatic N) is 2. The van der Waals surface area contributed by atoms with E-state index in [4.69, 9.17) is 5.84 Å². The molecule has 0 amide bonds. The largest absolute Gasteiger partial charge is 0.369 e. The summed E-state index contributed by atoms with van der Waals surface area (Å²) in [4.78, 5) is 12.9. The molecule has 1 fully saturated rings. The molecule has 20 heavy (non-hydrogen) atoms. The second-order valence-corrected chi connectivity index (χ2v) is 5.22. The Balaban J connectivity index is 2.32. The lowest BCUT2D eigenvalue weighted by Gasteiger charge is -2.35. The molecule has 0 bridgehead atoms. The number of nitrogens with one attached hydrogen (secondary N) is 1. The van der Waals surface area contributed by atoms with Crippen LogP contribution < -0.4 is 16.2 Å². The number of non-ortho nitro benzene ring substituents is 1. The van der Waals surface area contributed by atoms with Gasteiger partial charge in [0.25, 0.3) is 5.69 Å². The smallest absolute Gasteiger partial charge is 0.273 e. The van der Waals surface area contributed by atoms with E-state index in [1.54, 1.807) is 6.07 Å². The molecule has 0 heterocycles. The van der Waals surface area contributed by atoms with Gasteiger partial charge in [-0.2, -0.15) is 0 Å². The van der Waals surface area contributed by atoms with Crippen molar-refractivity contribution >= 4 is 17.1 Å². The van der Waals surface area contributed by atoms with Crippen LogP contribution in [0.25, 0.3) is 0 Å². The first-order valence-corrected chi connectivity index (χ1v) is 7.18. The zero-order valence-electron chi connectivity index (χ0n) is 11.8. The van der Waals surface area contributed by atoms with Crippen LogP contribution >= 0.6 is 0 Å². The third-order valence-electron chi connectivity index (χ3n) is 3.97. The molecule has 3 N–H and O–H groups in total. The fraction of sp³-hybridized carbons (Fsp3) is 0.571. The Labute approximate surface area is 119 Å². The normalized spacial score (nSPS) is 15.9. The monoisotopic (exact) mass is 278 g/mol. The summed E-state index contributed by atoms with van der Waals surface area (Å²) in [6.07, 6.45) is 6.07. The van der Waals surface area contributed by atoms with Crippen LogP contribution in [0.2, 0.25) is 0 Å². The van der Waals surface area contributed by atoms with Crippen molar-refractivity contribution < 1.29 is 4.92 Å². The molecule has 0 aromatic heterocycles. The Morgan fingerprint density at radius 3 is 2.60 bits per heavy atom. The van der Waals surface area contributed by atoms with E-state index < -0.39 is 0 Å². The second kappa shape index (κ2) is 6.56. The Hall–Kier alpha value is -1.82. The standard InChI is InChI=1S/C14H22N4O2/c1-2-17(12-6-4-3-5-7-12)13-8-11(16-15)9-14(10-13)18(19)20/h8-10,12,16H,2-7,15H2,1H3. The molecular weight excluding hydrogens is 256 g/mol. The maximum atomic E-state index is 11.0. The van der Waals surface area contributed by atoms with E-state index >= 15 is 0 Å². The van der Waals surface area contributed by atoms with Crippen LogP contribution in [0, 0.1) is 10.1 Å². The van der Waals surface area contributed by atoms with Crippen molar-refractivity contribution in [3.05, 3.63) is 28.3 Å². The SMILES string of the molecule is CCN(c1cc(NN)cc([N+](=O)[O-])c1)C1CCCCC1. The quantitative estimate of drug-likeness (QED) is 0.491. The summed E-state index contributed by atoms with van der Waals surface area (Å²) in [5.74, 6) is 5.42. The minimum absolute atomic E-state index is 0.0738. The van der Waals surface area contributed by atoms with Crippen molar-refractivity contribution in [2.75, 3.05) is 16.9 Å². The van der Waals surface area contributed by atoms with Gasteiger partial charge in [-0.05, 0) is 25.8 Å². The van der Waals surface area contributed by atoms with Gasteiger partial charge in [0, 0.05) is 30.4 Å². The van der Waals surface area contributed by atoms with Gasteiger partial charge in [-0.15, -0.1) is 0 Å². The summed E-state index contributed by atoms with van der Waals surface area (Å²) in [5, 5.41) is 11.0. The Morgan fingerprint density at radius 1 is 1.35 bits per heavy atom. The zero-order valence-corrected chi connectivity index (χ0v) is 11.8. The fourth-order valence-corrected chi connectivity index (χ4v) is 2.99. The summed E-state index contributed by atoms with van der Waals surface area (Å²) >= 11 is 0. The topological polar surface area (TPSA) is 84.4 Å². The number of hydrazine groups is 1. The highest BCUT2D eigenvalue weighted by Crippen LogP contribution is 2.31. The van der Waals surface area contributed by atoms with Gasteiger partial charge in [0.15, 0.2) is 0 Å². The highest BCUT2D eigenvalue weighted by atomic mass is 16.6. The van der Waals surface area contributed by atoms with Gasteiger partial charge in [-0.3, -0.25) is 16.0 Å². The summed E-state index contributed by atoms with van der Waals surface area (Å²) in [6, 6.07) is 5.45. The third kappa shape index (κ3) is 3.19. The van der Waals surface area contributed by atoms with E-state index in [2.05, 4.69) is 17.2 Å². The maximum Gasteiger partial charge on any atom is 0.273 e. The molecule has 6 nitrogen and oxygen atoms in total. The van der Waals surface area contributed by atoms with Crippen LogP contribution in [0.1, 0.15) is 39.0 Å². The molecule has 0 radical (unpaired) electrons. The van der Waals surface area contributed by atoms with Gasteiger partial charge < -0.3 is 10.3 Å². The summed E-state index contributed by atoms with van der Waals surface area (Å²) < 4.78 is 0. The molecule has 1 saturated carbocycles. The average Bonchev–Trinajstić information content (AvgIpc) is 2.48. The molecule has 0 unspecified atom stereocenters. The van der Waals surface area contributed by atoms with Crippen LogP contribution in [-0.2, 0) is 0 Å². The van der Waals surface area contributed by atoms with Crippen molar-refractivity contribution in [2.45, 2.75) is 45.1 Å². The first kappa shape index (κ1) is 14.6. The molecule has 1 aliphatic carbocycles. The van der Waals surface area contributed by atoms with E-state index in [0.29, 0.717) is 11.7 Å². The van der Waals surface area contributed by atoms with Gasteiger partial charge in [0.2, 0.25) is 0 Å². The zero-order chi connectivity index (χ0) is 14.5. The summed E-state index contributed by atoms with van der Waals surface area (Å²) in [7, 11) is 0. The van der Waals surface area contributed by atoms with Crippen LogP contribution in [-0.4, -0.2) is 17.5 Å². The molecule has 6 heteroatoms. The summed E-state index contributed by atoms with van der Waals surface area (Å²) in [5.41, 5.74) is 4.04. The number of rotatable bonds is 5.